The van der Waals surface area contributed by atoms with Gasteiger partial charge >= 0.3 is 5.97 Å². The molecule has 0 saturated carbocycles. The van der Waals surface area contributed by atoms with Gasteiger partial charge < -0.3 is 9.84 Å². The molecule has 2 aromatic rings. The largest absolute Gasteiger partial charge is 0.496 e. The molecule has 94 valence electrons. The zero-order valence-corrected chi connectivity index (χ0v) is 10.4. The van der Waals surface area contributed by atoms with E-state index in [1.807, 2.05) is 6.07 Å². The quantitative estimate of drug-likeness (QED) is 0.801. The monoisotopic (exact) mass is 265 g/mol. The Balaban J connectivity index is 2.14. The molecule has 1 heterocycles. The third kappa shape index (κ3) is 2.80. The van der Waals surface area contributed by atoms with Crippen LogP contribution in [0.15, 0.2) is 29.7 Å². The summed E-state index contributed by atoms with van der Waals surface area (Å²) in [6.07, 6.45) is 1.43. The summed E-state index contributed by atoms with van der Waals surface area (Å²) >= 11 is 1.45. The molecule has 0 aliphatic heterocycles. The fourth-order valence-electron chi connectivity index (χ4n) is 1.43. The molecular weight excluding hydrogens is 254 g/mol. The zero-order chi connectivity index (χ0) is 13.0. The first kappa shape index (κ1) is 12.4. The van der Waals surface area contributed by atoms with Crippen LogP contribution in [0.1, 0.15) is 15.9 Å². The van der Waals surface area contributed by atoms with E-state index in [2.05, 4.69) is 15.2 Å². The van der Waals surface area contributed by atoms with Crippen LogP contribution in [0.5, 0.6) is 5.75 Å². The molecular formula is C11H11N3O3S. The lowest BCUT2D eigenvalue weighted by Crippen LogP contribution is -2.01. The van der Waals surface area contributed by atoms with Crippen molar-refractivity contribution in [2.24, 2.45) is 0 Å². The van der Waals surface area contributed by atoms with Crippen LogP contribution in [0, 0.1) is 0 Å². The first-order chi connectivity index (χ1) is 8.70. The Morgan fingerprint density at radius 2 is 2.39 bits per heavy atom. The smallest absolute Gasteiger partial charge is 0.339 e. The van der Waals surface area contributed by atoms with E-state index < -0.39 is 5.97 Å². The van der Waals surface area contributed by atoms with Crippen LogP contribution in [-0.4, -0.2) is 33.4 Å². The van der Waals surface area contributed by atoms with E-state index in [-0.39, 0.29) is 5.56 Å². The molecule has 6 nitrogen and oxygen atoms in total. The standard InChI is InChI=1S/C11H11N3O3S/c1-17-9-3-2-7(4-8(9)10(15)16)5-18-11-12-6-13-14-11/h2-4,6H,5H2,1H3,(H,15,16)(H,12,13,14). The summed E-state index contributed by atoms with van der Waals surface area (Å²) in [5.74, 6) is -0.0336. The van der Waals surface area contributed by atoms with Gasteiger partial charge in [0.15, 0.2) is 5.16 Å². The molecule has 0 atom stereocenters. The molecule has 0 aliphatic carbocycles. The predicted octanol–water partition coefficient (Wildman–Crippen LogP) is 1.80. The molecule has 2 N–H and O–H groups in total. The summed E-state index contributed by atoms with van der Waals surface area (Å²) in [6, 6.07) is 5.08. The fourth-order valence-corrected chi connectivity index (χ4v) is 2.15. The average molecular weight is 265 g/mol. The first-order valence-corrected chi connectivity index (χ1v) is 6.07. The number of rotatable bonds is 5. The molecule has 0 saturated heterocycles. The lowest BCUT2D eigenvalue weighted by molar-refractivity contribution is 0.0693. The number of aromatic amines is 1. The number of hydrogen-bond acceptors (Lipinski definition) is 5. The highest BCUT2D eigenvalue weighted by atomic mass is 32.2. The van der Waals surface area contributed by atoms with E-state index in [1.54, 1.807) is 12.1 Å². The molecule has 0 spiro atoms. The zero-order valence-electron chi connectivity index (χ0n) is 9.58. The molecule has 0 bridgehead atoms. The summed E-state index contributed by atoms with van der Waals surface area (Å²) in [5.41, 5.74) is 1.04. The van der Waals surface area contributed by atoms with Gasteiger partial charge in [-0.05, 0) is 17.7 Å². The molecule has 1 aromatic heterocycles. The van der Waals surface area contributed by atoms with Crippen LogP contribution < -0.4 is 4.74 Å². The van der Waals surface area contributed by atoms with Crippen LogP contribution in [0.2, 0.25) is 0 Å². The van der Waals surface area contributed by atoms with Gasteiger partial charge in [0.1, 0.15) is 17.6 Å². The van der Waals surface area contributed by atoms with Crippen molar-refractivity contribution in [1.82, 2.24) is 15.2 Å². The molecule has 0 radical (unpaired) electrons. The highest BCUT2D eigenvalue weighted by molar-refractivity contribution is 7.98. The minimum Gasteiger partial charge on any atom is -0.496 e. The summed E-state index contributed by atoms with van der Waals surface area (Å²) < 4.78 is 5.00. The molecule has 0 fully saturated rings. The maximum absolute atomic E-state index is 11.1. The third-order valence-electron chi connectivity index (χ3n) is 2.26. The summed E-state index contributed by atoms with van der Waals surface area (Å²) in [6.45, 7) is 0. The number of nitrogens with one attached hydrogen (secondary N) is 1. The number of benzene rings is 1. The van der Waals surface area contributed by atoms with E-state index >= 15 is 0 Å². The number of carbonyl (C=O) groups is 1. The molecule has 7 heteroatoms. The van der Waals surface area contributed by atoms with Crippen LogP contribution >= 0.6 is 11.8 Å². The van der Waals surface area contributed by atoms with E-state index in [0.717, 1.165) is 5.56 Å². The number of aromatic carboxylic acids is 1. The number of methoxy groups -OCH3 is 1. The lowest BCUT2D eigenvalue weighted by Gasteiger charge is -2.06. The van der Waals surface area contributed by atoms with Crippen molar-refractivity contribution in [3.63, 3.8) is 0 Å². The predicted molar refractivity (Wildman–Crippen MR) is 65.9 cm³/mol. The molecule has 0 amide bonds. The molecule has 0 aliphatic rings. The Morgan fingerprint density at radius 3 is 3.00 bits per heavy atom. The maximum Gasteiger partial charge on any atom is 0.339 e. The molecule has 0 unspecified atom stereocenters. The van der Waals surface area contributed by atoms with E-state index in [9.17, 15) is 4.79 Å². The Bertz CT molecular complexity index is 542. The third-order valence-corrected chi connectivity index (χ3v) is 3.21. The van der Waals surface area contributed by atoms with Crippen LogP contribution in [0.3, 0.4) is 0 Å². The second kappa shape index (κ2) is 5.54. The number of nitrogens with zero attached hydrogens (tertiary/aromatic N) is 2. The number of carboxylic acid groups (broad SMARTS) is 1. The van der Waals surface area contributed by atoms with Crippen molar-refractivity contribution in [3.8, 4) is 5.75 Å². The minimum atomic E-state index is -1.00. The van der Waals surface area contributed by atoms with Gasteiger partial charge in [-0.15, -0.1) is 0 Å². The summed E-state index contributed by atoms with van der Waals surface area (Å²) in [5, 5.41) is 16.2. The highest BCUT2D eigenvalue weighted by Crippen LogP contribution is 2.24. The van der Waals surface area contributed by atoms with Gasteiger partial charge in [0.25, 0.3) is 0 Å². The van der Waals surface area contributed by atoms with E-state index in [0.29, 0.717) is 16.7 Å². The van der Waals surface area contributed by atoms with Crippen molar-refractivity contribution in [1.29, 1.82) is 0 Å². The maximum atomic E-state index is 11.1. The SMILES string of the molecule is COc1ccc(CSc2ncn[nH]2)cc1C(=O)O. The highest BCUT2D eigenvalue weighted by Gasteiger charge is 2.11. The normalized spacial score (nSPS) is 10.3. The van der Waals surface area contributed by atoms with Crippen molar-refractivity contribution >= 4 is 17.7 Å². The average Bonchev–Trinajstić information content (AvgIpc) is 2.89. The lowest BCUT2D eigenvalue weighted by atomic mass is 10.1. The van der Waals surface area contributed by atoms with Gasteiger partial charge in [-0.2, -0.15) is 5.10 Å². The van der Waals surface area contributed by atoms with Crippen LogP contribution in [-0.2, 0) is 5.75 Å². The van der Waals surface area contributed by atoms with Gasteiger partial charge in [-0.25, -0.2) is 9.78 Å². The second-order valence-electron chi connectivity index (χ2n) is 3.42. The van der Waals surface area contributed by atoms with Gasteiger partial charge in [0.2, 0.25) is 0 Å². The first-order valence-electron chi connectivity index (χ1n) is 5.09. The molecule has 2 rings (SSSR count). The topological polar surface area (TPSA) is 88.1 Å². The number of thioether (sulfide) groups is 1. The fraction of sp³-hybridized carbons (Fsp3) is 0.182. The summed E-state index contributed by atoms with van der Waals surface area (Å²) in [4.78, 5) is 15.0. The number of carboxylic acids is 1. The number of hydrogen-bond donors (Lipinski definition) is 2. The minimum absolute atomic E-state index is 0.160. The Hall–Kier alpha value is -2.02. The number of H-pyrrole nitrogens is 1. The van der Waals surface area contributed by atoms with Crippen LogP contribution in [0.4, 0.5) is 0 Å². The molecule has 18 heavy (non-hydrogen) atoms. The van der Waals surface area contributed by atoms with E-state index in [4.69, 9.17) is 9.84 Å². The van der Waals surface area contributed by atoms with Gasteiger partial charge in [-0.3, -0.25) is 5.10 Å². The van der Waals surface area contributed by atoms with Crippen molar-refractivity contribution in [2.45, 2.75) is 10.9 Å². The van der Waals surface area contributed by atoms with Crippen molar-refractivity contribution in [3.05, 3.63) is 35.7 Å². The van der Waals surface area contributed by atoms with Crippen molar-refractivity contribution < 1.29 is 14.6 Å². The summed E-state index contributed by atoms with van der Waals surface area (Å²) in [7, 11) is 1.45. The Kier molecular flexibility index (Phi) is 3.83. The van der Waals surface area contributed by atoms with E-state index in [1.165, 1.54) is 25.2 Å². The Labute approximate surface area is 107 Å². The second-order valence-corrected chi connectivity index (χ2v) is 4.38. The van der Waals surface area contributed by atoms with Gasteiger partial charge in [-0.1, -0.05) is 17.8 Å². The number of aromatic nitrogens is 3. The van der Waals surface area contributed by atoms with Crippen molar-refractivity contribution in [2.75, 3.05) is 7.11 Å². The Morgan fingerprint density at radius 1 is 1.56 bits per heavy atom. The van der Waals surface area contributed by atoms with Gasteiger partial charge in [0, 0.05) is 5.75 Å². The van der Waals surface area contributed by atoms with Crippen LogP contribution in [0.25, 0.3) is 0 Å². The molecule has 1 aromatic carbocycles. The number of ether oxygens (including phenoxy) is 1. The van der Waals surface area contributed by atoms with Gasteiger partial charge in [0.05, 0.1) is 7.11 Å².